The van der Waals surface area contributed by atoms with Crippen LogP contribution in [0.4, 0.5) is 0 Å². The van der Waals surface area contributed by atoms with Gasteiger partial charge in [-0.15, -0.1) is 0 Å². The Bertz CT molecular complexity index is 833. The van der Waals surface area contributed by atoms with Gasteiger partial charge in [0.05, 0.1) is 20.6 Å². The molecule has 0 fully saturated rings. The molecule has 6 nitrogen and oxygen atoms in total. The molecule has 0 aromatic heterocycles. The van der Waals surface area contributed by atoms with Gasteiger partial charge in [0.1, 0.15) is 0 Å². The van der Waals surface area contributed by atoms with E-state index < -0.39 is 0 Å². The Balaban J connectivity index is 0.00000392. The number of ether oxygens (including phenoxy) is 2. The smallest absolute Gasteiger partial charge is 0.163 e. The average molecular weight is 414 g/mol. The van der Waals surface area contributed by atoms with Crippen molar-refractivity contribution in [1.29, 1.82) is 0 Å². The second-order valence-electron chi connectivity index (χ2n) is 5.64. The van der Waals surface area contributed by atoms with Crippen molar-refractivity contribution in [3.63, 3.8) is 0 Å². The fraction of sp³-hybridized carbons (Fsp3) is 0.143. The summed E-state index contributed by atoms with van der Waals surface area (Å²) < 4.78 is 10.00. The summed E-state index contributed by atoms with van der Waals surface area (Å²) in [6, 6.07) is 9.34. The van der Waals surface area contributed by atoms with E-state index >= 15 is 0 Å². The number of phenols is 2. The largest absolute Gasteiger partial charge is 0.504 e. The van der Waals surface area contributed by atoms with Gasteiger partial charge in [-0.1, -0.05) is 24.3 Å². The minimum Gasteiger partial charge on any atom is -0.504 e. The molecular weight excluding hydrogens is 394 g/mol. The summed E-state index contributed by atoms with van der Waals surface area (Å²) >= 11 is 0. The molecular formula is C21H20Na2O6. The molecule has 0 bridgehead atoms. The minimum absolute atomic E-state index is 0. The first-order valence-corrected chi connectivity index (χ1v) is 8.08. The quantitative estimate of drug-likeness (QED) is 0.392. The summed E-state index contributed by atoms with van der Waals surface area (Å²) in [7, 11) is 2.87. The Kier molecular flexibility index (Phi) is 12.9. The van der Waals surface area contributed by atoms with E-state index in [0.717, 1.165) is 0 Å². The molecule has 0 aliphatic heterocycles. The van der Waals surface area contributed by atoms with Gasteiger partial charge < -0.3 is 19.7 Å². The Labute approximate surface area is 213 Å². The molecule has 142 valence electrons. The minimum atomic E-state index is -0.347. The summed E-state index contributed by atoms with van der Waals surface area (Å²) in [4.78, 5) is 23.9. The molecule has 2 radical (unpaired) electrons. The molecule has 0 spiro atoms. The molecule has 0 unspecified atom stereocenters. The second-order valence-corrected chi connectivity index (χ2v) is 5.64. The van der Waals surface area contributed by atoms with Crippen LogP contribution in [0.1, 0.15) is 17.5 Å². The number of benzene rings is 2. The Morgan fingerprint density at radius 1 is 0.793 bits per heavy atom. The van der Waals surface area contributed by atoms with Crippen molar-refractivity contribution in [3.8, 4) is 23.0 Å². The van der Waals surface area contributed by atoms with Crippen LogP contribution in [0.3, 0.4) is 0 Å². The van der Waals surface area contributed by atoms with Crippen molar-refractivity contribution in [2.75, 3.05) is 14.2 Å². The topological polar surface area (TPSA) is 93.1 Å². The van der Waals surface area contributed by atoms with Gasteiger partial charge in [0, 0.05) is 59.1 Å². The summed E-state index contributed by atoms with van der Waals surface area (Å²) in [6.07, 6.45) is 5.44. The van der Waals surface area contributed by atoms with Crippen LogP contribution >= 0.6 is 0 Å². The van der Waals surface area contributed by atoms with E-state index in [0.29, 0.717) is 22.6 Å². The number of rotatable bonds is 8. The van der Waals surface area contributed by atoms with Crippen LogP contribution < -0.4 is 9.47 Å². The van der Waals surface area contributed by atoms with Crippen molar-refractivity contribution in [1.82, 2.24) is 0 Å². The van der Waals surface area contributed by atoms with Crippen LogP contribution in [0.5, 0.6) is 23.0 Å². The number of ketones is 2. The van der Waals surface area contributed by atoms with Gasteiger partial charge in [-0.3, -0.25) is 9.59 Å². The standard InChI is InChI=1S/C21H20O6.2Na/c1-26-20-11-14(5-9-18(20)24)3-7-16(22)13-17(23)8-4-15-6-10-19(25)21(12-15)27-2;;/h3-12,24-25H,13H2,1-2H3;;. The molecule has 0 heterocycles. The van der Waals surface area contributed by atoms with E-state index in [2.05, 4.69) is 0 Å². The molecule has 2 rings (SSSR count). The molecule has 29 heavy (non-hydrogen) atoms. The van der Waals surface area contributed by atoms with Crippen LogP contribution in [-0.4, -0.2) is 95.1 Å². The maximum Gasteiger partial charge on any atom is 0.163 e. The number of allylic oxidation sites excluding steroid dienone is 2. The third kappa shape index (κ3) is 8.78. The van der Waals surface area contributed by atoms with Crippen LogP contribution in [-0.2, 0) is 9.59 Å². The van der Waals surface area contributed by atoms with E-state index in [-0.39, 0.29) is 88.6 Å². The first-order valence-electron chi connectivity index (χ1n) is 8.08. The van der Waals surface area contributed by atoms with Gasteiger partial charge in [0.15, 0.2) is 34.6 Å². The van der Waals surface area contributed by atoms with Crippen LogP contribution in [0.25, 0.3) is 12.2 Å². The molecule has 2 N–H and O–H groups in total. The first kappa shape index (κ1) is 27.5. The van der Waals surface area contributed by atoms with Crippen LogP contribution in [0.2, 0.25) is 0 Å². The van der Waals surface area contributed by atoms with Crippen molar-refractivity contribution < 1.29 is 29.3 Å². The summed E-state index contributed by atoms with van der Waals surface area (Å²) in [5, 5.41) is 19.1. The molecule has 0 saturated heterocycles. The van der Waals surface area contributed by atoms with Gasteiger partial charge in [-0.25, -0.2) is 0 Å². The maximum atomic E-state index is 11.9. The molecule has 2 aromatic carbocycles. The number of phenolic OH excluding ortho intramolecular Hbond substituents is 2. The van der Waals surface area contributed by atoms with Gasteiger partial charge >= 0.3 is 0 Å². The molecule has 8 heteroatoms. The number of hydrogen-bond donors (Lipinski definition) is 2. The van der Waals surface area contributed by atoms with E-state index in [1.807, 2.05) is 0 Å². The van der Waals surface area contributed by atoms with Gasteiger partial charge in [-0.05, 0) is 47.5 Å². The van der Waals surface area contributed by atoms with Crippen molar-refractivity contribution in [3.05, 3.63) is 59.7 Å². The normalized spacial score (nSPS) is 10.3. The monoisotopic (exact) mass is 414 g/mol. The molecule has 0 aliphatic carbocycles. The molecule has 0 aliphatic rings. The summed E-state index contributed by atoms with van der Waals surface area (Å²) in [6.45, 7) is 0. The number of methoxy groups -OCH3 is 2. The maximum absolute atomic E-state index is 11.9. The van der Waals surface area contributed by atoms with Crippen molar-refractivity contribution in [2.24, 2.45) is 0 Å². The van der Waals surface area contributed by atoms with Gasteiger partial charge in [0.25, 0.3) is 0 Å². The van der Waals surface area contributed by atoms with E-state index in [1.165, 1.54) is 38.5 Å². The zero-order chi connectivity index (χ0) is 19.8. The Morgan fingerprint density at radius 3 is 1.52 bits per heavy atom. The molecule has 0 atom stereocenters. The molecule has 0 amide bonds. The fourth-order valence-corrected chi connectivity index (χ4v) is 2.26. The number of hydrogen-bond acceptors (Lipinski definition) is 6. The zero-order valence-electron chi connectivity index (χ0n) is 17.0. The predicted octanol–water partition coefficient (Wildman–Crippen LogP) is 2.61. The van der Waals surface area contributed by atoms with Crippen LogP contribution in [0.15, 0.2) is 48.6 Å². The SMILES string of the molecule is COc1cc(C=CC(=O)CC(=O)C=Cc2ccc(O)c(OC)c2)ccc1O.[Na].[Na]. The third-order valence-electron chi connectivity index (χ3n) is 3.68. The Hall–Kier alpha value is -1.54. The Morgan fingerprint density at radius 2 is 1.17 bits per heavy atom. The van der Waals surface area contributed by atoms with Crippen molar-refractivity contribution >= 4 is 82.8 Å². The summed E-state index contributed by atoms with van der Waals surface area (Å²) in [5.41, 5.74) is 1.33. The molecule has 0 saturated carbocycles. The van der Waals surface area contributed by atoms with Gasteiger partial charge in [-0.2, -0.15) is 0 Å². The fourth-order valence-electron chi connectivity index (χ4n) is 2.26. The van der Waals surface area contributed by atoms with E-state index in [9.17, 15) is 19.8 Å². The molecule has 2 aromatic rings. The van der Waals surface area contributed by atoms with E-state index in [1.54, 1.807) is 36.4 Å². The number of aromatic hydroxyl groups is 2. The second kappa shape index (κ2) is 13.6. The van der Waals surface area contributed by atoms with Crippen LogP contribution in [0, 0.1) is 0 Å². The average Bonchev–Trinajstić information content (AvgIpc) is 2.66. The number of carbonyl (C=O) groups excluding carboxylic acids is 2. The van der Waals surface area contributed by atoms with Gasteiger partial charge in [0.2, 0.25) is 0 Å². The van der Waals surface area contributed by atoms with E-state index in [4.69, 9.17) is 9.47 Å². The summed E-state index contributed by atoms with van der Waals surface area (Å²) in [5.74, 6) is -0.0832. The predicted molar refractivity (Wildman–Crippen MR) is 114 cm³/mol. The van der Waals surface area contributed by atoms with Crippen molar-refractivity contribution in [2.45, 2.75) is 6.42 Å². The first-order chi connectivity index (χ1) is 12.9. The zero-order valence-corrected chi connectivity index (χ0v) is 21.0. The number of carbonyl (C=O) groups is 2. The third-order valence-corrected chi connectivity index (χ3v) is 3.68.